The number of halogens is 1. The number of hydrogen-bond donors (Lipinski definition) is 1. The summed E-state index contributed by atoms with van der Waals surface area (Å²) in [4.78, 5) is 4.14. The Morgan fingerprint density at radius 2 is 2.27 bits per heavy atom. The molecule has 0 aromatic carbocycles. The highest BCUT2D eigenvalue weighted by molar-refractivity contribution is 9.10. The summed E-state index contributed by atoms with van der Waals surface area (Å²) in [6.07, 6.45) is 4.41. The van der Waals surface area contributed by atoms with Gasteiger partial charge >= 0.3 is 0 Å². The van der Waals surface area contributed by atoms with Crippen molar-refractivity contribution >= 4 is 21.6 Å². The van der Waals surface area contributed by atoms with Crippen molar-refractivity contribution in [1.29, 1.82) is 0 Å². The van der Waals surface area contributed by atoms with E-state index in [1.807, 2.05) is 12.3 Å². The number of aromatic nitrogens is 1. The first-order valence-corrected chi connectivity index (χ1v) is 4.47. The fraction of sp³-hybridized carbons (Fsp3) is 0.375. The molecular formula is C8H9BrN2. The van der Waals surface area contributed by atoms with Crippen LogP contribution in [-0.2, 0) is 0 Å². The van der Waals surface area contributed by atoms with Crippen LogP contribution < -0.4 is 5.73 Å². The van der Waals surface area contributed by atoms with Gasteiger partial charge in [-0.1, -0.05) is 0 Å². The molecule has 1 heterocycles. The van der Waals surface area contributed by atoms with E-state index in [0.717, 1.165) is 10.3 Å². The third-order valence-electron chi connectivity index (χ3n) is 1.95. The quantitative estimate of drug-likeness (QED) is 0.727. The van der Waals surface area contributed by atoms with Gasteiger partial charge in [0, 0.05) is 11.9 Å². The van der Waals surface area contributed by atoms with Crippen LogP contribution in [0, 0.1) is 0 Å². The van der Waals surface area contributed by atoms with Crippen LogP contribution in [0.5, 0.6) is 0 Å². The summed E-state index contributed by atoms with van der Waals surface area (Å²) in [5.41, 5.74) is 7.88. The zero-order valence-corrected chi connectivity index (χ0v) is 7.63. The molecule has 0 saturated heterocycles. The number of hydrogen-bond acceptors (Lipinski definition) is 2. The molecular weight excluding hydrogens is 204 g/mol. The van der Waals surface area contributed by atoms with Gasteiger partial charge in [0.15, 0.2) is 0 Å². The maximum atomic E-state index is 5.79. The molecule has 0 radical (unpaired) electrons. The maximum absolute atomic E-state index is 5.79. The van der Waals surface area contributed by atoms with Crippen molar-refractivity contribution in [3.63, 3.8) is 0 Å². The summed E-state index contributed by atoms with van der Waals surface area (Å²) in [6.45, 7) is 0. The summed E-state index contributed by atoms with van der Waals surface area (Å²) in [7, 11) is 0. The number of nitrogen functional groups attached to an aromatic ring is 1. The highest BCUT2D eigenvalue weighted by Crippen LogP contribution is 2.42. The first-order chi connectivity index (χ1) is 5.27. The number of anilines is 1. The second-order valence-electron chi connectivity index (χ2n) is 2.91. The minimum atomic E-state index is 0.690. The maximum Gasteiger partial charge on any atom is 0.108 e. The molecule has 0 amide bonds. The molecule has 11 heavy (non-hydrogen) atoms. The first kappa shape index (κ1) is 7.10. The Hall–Kier alpha value is -0.570. The van der Waals surface area contributed by atoms with Gasteiger partial charge < -0.3 is 5.73 Å². The van der Waals surface area contributed by atoms with Gasteiger partial charge in [-0.25, -0.2) is 4.98 Å². The molecule has 3 heteroatoms. The van der Waals surface area contributed by atoms with Gasteiger partial charge in [-0.15, -0.1) is 0 Å². The standard InChI is InChI=1S/C8H9BrN2/c9-8-3-7(10)6(4-11-8)5-1-2-5/h3-5H,1-2H2,(H2,10,11). The van der Waals surface area contributed by atoms with Gasteiger partial charge in [0.25, 0.3) is 0 Å². The van der Waals surface area contributed by atoms with Crippen LogP contribution >= 0.6 is 15.9 Å². The Bertz CT molecular complexity index is 281. The van der Waals surface area contributed by atoms with Crippen LogP contribution in [0.1, 0.15) is 24.3 Å². The van der Waals surface area contributed by atoms with Crippen molar-refractivity contribution in [3.8, 4) is 0 Å². The fourth-order valence-corrected chi connectivity index (χ4v) is 1.54. The van der Waals surface area contributed by atoms with Gasteiger partial charge in [-0.2, -0.15) is 0 Å². The van der Waals surface area contributed by atoms with Crippen LogP contribution in [0.4, 0.5) is 5.69 Å². The first-order valence-electron chi connectivity index (χ1n) is 3.68. The number of rotatable bonds is 1. The van der Waals surface area contributed by atoms with Crippen molar-refractivity contribution in [3.05, 3.63) is 22.4 Å². The van der Waals surface area contributed by atoms with Gasteiger partial charge in [-0.05, 0) is 46.3 Å². The lowest BCUT2D eigenvalue weighted by molar-refractivity contribution is 1.09. The predicted molar refractivity (Wildman–Crippen MR) is 48.3 cm³/mol. The van der Waals surface area contributed by atoms with Crippen LogP contribution in [0.3, 0.4) is 0 Å². The summed E-state index contributed by atoms with van der Waals surface area (Å²) < 4.78 is 0.819. The third kappa shape index (κ3) is 1.38. The second-order valence-corrected chi connectivity index (χ2v) is 3.72. The van der Waals surface area contributed by atoms with Crippen molar-refractivity contribution in [2.45, 2.75) is 18.8 Å². The Labute approximate surface area is 73.9 Å². The van der Waals surface area contributed by atoms with E-state index in [9.17, 15) is 0 Å². The van der Waals surface area contributed by atoms with Crippen molar-refractivity contribution in [2.75, 3.05) is 5.73 Å². The van der Waals surface area contributed by atoms with E-state index in [-0.39, 0.29) is 0 Å². The van der Waals surface area contributed by atoms with Gasteiger partial charge in [0.2, 0.25) is 0 Å². The van der Waals surface area contributed by atoms with Crippen LogP contribution in [0.2, 0.25) is 0 Å². The molecule has 0 atom stereocenters. The zero-order chi connectivity index (χ0) is 7.84. The second kappa shape index (κ2) is 2.48. The van der Waals surface area contributed by atoms with E-state index in [1.165, 1.54) is 18.4 Å². The Balaban J connectivity index is 2.39. The lowest BCUT2D eigenvalue weighted by Crippen LogP contribution is -1.93. The minimum absolute atomic E-state index is 0.690. The Kier molecular flexibility index (Phi) is 1.60. The summed E-state index contributed by atoms with van der Waals surface area (Å²) >= 11 is 3.27. The lowest BCUT2D eigenvalue weighted by Gasteiger charge is -2.01. The fourth-order valence-electron chi connectivity index (χ4n) is 1.19. The summed E-state index contributed by atoms with van der Waals surface area (Å²) in [5, 5.41) is 0. The Morgan fingerprint density at radius 3 is 2.82 bits per heavy atom. The molecule has 58 valence electrons. The molecule has 1 aromatic rings. The molecule has 0 spiro atoms. The molecule has 1 aliphatic rings. The van der Waals surface area contributed by atoms with E-state index in [0.29, 0.717) is 5.92 Å². The van der Waals surface area contributed by atoms with E-state index in [1.54, 1.807) is 0 Å². The topological polar surface area (TPSA) is 38.9 Å². The van der Waals surface area contributed by atoms with Crippen molar-refractivity contribution < 1.29 is 0 Å². The summed E-state index contributed by atoms with van der Waals surface area (Å²) in [6, 6.07) is 1.87. The minimum Gasteiger partial charge on any atom is -0.398 e. The molecule has 2 nitrogen and oxygen atoms in total. The average Bonchev–Trinajstić information content (AvgIpc) is 2.70. The van der Waals surface area contributed by atoms with E-state index >= 15 is 0 Å². The molecule has 2 N–H and O–H groups in total. The highest BCUT2D eigenvalue weighted by Gasteiger charge is 2.25. The molecule has 0 unspecified atom stereocenters. The molecule has 0 aliphatic heterocycles. The van der Waals surface area contributed by atoms with Crippen molar-refractivity contribution in [1.82, 2.24) is 4.98 Å². The van der Waals surface area contributed by atoms with Crippen LogP contribution in [-0.4, -0.2) is 4.98 Å². The number of nitrogens with zero attached hydrogens (tertiary/aromatic N) is 1. The zero-order valence-electron chi connectivity index (χ0n) is 6.05. The highest BCUT2D eigenvalue weighted by atomic mass is 79.9. The smallest absolute Gasteiger partial charge is 0.108 e. The molecule has 1 aromatic heterocycles. The van der Waals surface area contributed by atoms with Crippen LogP contribution in [0.15, 0.2) is 16.9 Å². The molecule has 1 aliphatic carbocycles. The van der Waals surface area contributed by atoms with Crippen LogP contribution in [0.25, 0.3) is 0 Å². The third-order valence-corrected chi connectivity index (χ3v) is 2.39. The molecule has 2 rings (SSSR count). The monoisotopic (exact) mass is 212 g/mol. The number of nitrogens with two attached hydrogens (primary N) is 1. The van der Waals surface area contributed by atoms with Gasteiger partial charge in [0.05, 0.1) is 0 Å². The van der Waals surface area contributed by atoms with E-state index in [4.69, 9.17) is 5.73 Å². The van der Waals surface area contributed by atoms with Gasteiger partial charge in [0.1, 0.15) is 4.60 Å². The Morgan fingerprint density at radius 1 is 1.55 bits per heavy atom. The lowest BCUT2D eigenvalue weighted by atomic mass is 10.1. The van der Waals surface area contributed by atoms with Crippen molar-refractivity contribution in [2.24, 2.45) is 0 Å². The molecule has 0 bridgehead atoms. The molecule has 1 fully saturated rings. The predicted octanol–water partition coefficient (Wildman–Crippen LogP) is 2.30. The van der Waals surface area contributed by atoms with Gasteiger partial charge in [-0.3, -0.25) is 0 Å². The normalized spacial score (nSPS) is 16.8. The van der Waals surface area contributed by atoms with E-state index < -0.39 is 0 Å². The largest absolute Gasteiger partial charge is 0.398 e. The average molecular weight is 213 g/mol. The van der Waals surface area contributed by atoms with E-state index in [2.05, 4.69) is 20.9 Å². The molecule has 1 saturated carbocycles. The number of pyridine rings is 1. The summed E-state index contributed by atoms with van der Waals surface area (Å²) in [5.74, 6) is 0.690. The SMILES string of the molecule is Nc1cc(Br)ncc1C1CC1.